The van der Waals surface area contributed by atoms with Crippen LogP contribution in [-0.4, -0.2) is 63.3 Å². The summed E-state index contributed by atoms with van der Waals surface area (Å²) in [5.41, 5.74) is 4.53. The molecule has 1 amide bonds. The highest BCUT2D eigenvalue weighted by molar-refractivity contribution is 5.92. The van der Waals surface area contributed by atoms with Gasteiger partial charge in [0.15, 0.2) is 0 Å². The number of para-hydroxylation sites is 1. The van der Waals surface area contributed by atoms with Gasteiger partial charge in [-0.2, -0.15) is 0 Å². The predicted molar refractivity (Wildman–Crippen MR) is 118 cm³/mol. The first kappa shape index (κ1) is 19.7. The fraction of sp³-hybridized carbons (Fsp3) is 0.435. The summed E-state index contributed by atoms with van der Waals surface area (Å²) in [6.07, 6.45) is 0. The van der Waals surface area contributed by atoms with Crippen LogP contribution in [0.2, 0.25) is 0 Å². The molecule has 2 aliphatic rings. The zero-order valence-corrected chi connectivity index (χ0v) is 17.3. The van der Waals surface area contributed by atoms with Crippen molar-refractivity contribution in [1.82, 2.24) is 4.90 Å². The molecule has 4 rings (SSSR count). The van der Waals surface area contributed by atoms with Gasteiger partial charge in [-0.05, 0) is 42.8 Å². The van der Waals surface area contributed by atoms with Crippen LogP contribution in [0.5, 0.6) is 0 Å². The predicted octanol–water partition coefficient (Wildman–Crippen LogP) is 2.80. The van der Waals surface area contributed by atoms with Gasteiger partial charge >= 0.3 is 0 Å². The Morgan fingerprint density at radius 2 is 1.83 bits per heavy atom. The molecule has 154 valence electrons. The Labute approximate surface area is 173 Å². The van der Waals surface area contributed by atoms with Gasteiger partial charge in [-0.25, -0.2) is 0 Å². The van der Waals surface area contributed by atoms with Crippen molar-refractivity contribution in [2.24, 2.45) is 0 Å². The van der Waals surface area contributed by atoms with Gasteiger partial charge in [0.2, 0.25) is 5.91 Å². The Balaban J connectivity index is 1.37. The summed E-state index contributed by atoms with van der Waals surface area (Å²) in [7, 11) is 2.12. The van der Waals surface area contributed by atoms with E-state index in [-0.39, 0.29) is 5.91 Å². The van der Waals surface area contributed by atoms with Gasteiger partial charge in [0.1, 0.15) is 0 Å². The third-order valence-corrected chi connectivity index (χ3v) is 5.81. The number of amides is 1. The van der Waals surface area contributed by atoms with Crippen LogP contribution in [-0.2, 0) is 16.1 Å². The molecule has 0 radical (unpaired) electrons. The number of carbonyl (C=O) groups is 1. The van der Waals surface area contributed by atoms with Gasteiger partial charge in [-0.1, -0.05) is 18.2 Å². The number of hydrogen-bond acceptors (Lipinski definition) is 5. The summed E-state index contributed by atoms with van der Waals surface area (Å²) in [4.78, 5) is 19.6. The number of rotatable bonds is 4. The van der Waals surface area contributed by atoms with Crippen LogP contribution in [0, 0.1) is 0 Å². The standard InChI is InChI=1S/C23H30N4O2/c1-18-15-25(2)22-6-4-3-5-19(22)16-27(18)17-23(28)24-20-7-9-21(10-8-20)26-11-13-29-14-12-26/h3-10,18H,11-17H2,1-2H3,(H,24,28)/t18-/m1/s1. The van der Waals surface area contributed by atoms with Crippen molar-refractivity contribution >= 4 is 23.0 Å². The number of fused-ring (bicyclic) bond motifs is 1. The van der Waals surface area contributed by atoms with Crippen molar-refractivity contribution in [3.63, 3.8) is 0 Å². The molecule has 2 aromatic rings. The highest BCUT2D eigenvalue weighted by Crippen LogP contribution is 2.26. The second-order valence-electron chi connectivity index (χ2n) is 7.96. The second-order valence-corrected chi connectivity index (χ2v) is 7.96. The average molecular weight is 395 g/mol. The maximum Gasteiger partial charge on any atom is 0.238 e. The number of anilines is 3. The molecule has 6 nitrogen and oxygen atoms in total. The molecule has 29 heavy (non-hydrogen) atoms. The molecule has 1 fully saturated rings. The molecule has 0 spiro atoms. The summed E-state index contributed by atoms with van der Waals surface area (Å²) in [5, 5.41) is 3.06. The number of ether oxygens (including phenoxy) is 1. The summed E-state index contributed by atoms with van der Waals surface area (Å²) in [6, 6.07) is 16.8. The van der Waals surface area contributed by atoms with E-state index >= 15 is 0 Å². The number of benzene rings is 2. The van der Waals surface area contributed by atoms with Crippen molar-refractivity contribution in [1.29, 1.82) is 0 Å². The molecular formula is C23H30N4O2. The Bertz CT molecular complexity index is 833. The second kappa shape index (κ2) is 8.84. The summed E-state index contributed by atoms with van der Waals surface area (Å²) in [6.45, 7) is 7.61. The lowest BCUT2D eigenvalue weighted by Gasteiger charge is -2.29. The first-order chi connectivity index (χ1) is 14.1. The minimum atomic E-state index is 0.0259. The van der Waals surface area contributed by atoms with Crippen LogP contribution in [0.1, 0.15) is 12.5 Å². The van der Waals surface area contributed by atoms with Crippen LogP contribution in [0.3, 0.4) is 0 Å². The minimum absolute atomic E-state index is 0.0259. The first-order valence-electron chi connectivity index (χ1n) is 10.4. The van der Waals surface area contributed by atoms with Crippen molar-refractivity contribution < 1.29 is 9.53 Å². The Morgan fingerprint density at radius 1 is 1.10 bits per heavy atom. The van der Waals surface area contributed by atoms with Crippen LogP contribution < -0.4 is 15.1 Å². The van der Waals surface area contributed by atoms with Crippen LogP contribution in [0.25, 0.3) is 0 Å². The average Bonchev–Trinajstić information content (AvgIpc) is 2.85. The monoisotopic (exact) mass is 394 g/mol. The van der Waals surface area contributed by atoms with Crippen molar-refractivity contribution in [2.45, 2.75) is 19.5 Å². The van der Waals surface area contributed by atoms with Gasteiger partial charge < -0.3 is 19.9 Å². The van der Waals surface area contributed by atoms with E-state index in [2.05, 4.69) is 70.4 Å². The molecule has 0 aromatic heterocycles. The number of nitrogens with one attached hydrogen (secondary N) is 1. The molecule has 1 saturated heterocycles. The van der Waals surface area contributed by atoms with Gasteiger partial charge in [0.25, 0.3) is 0 Å². The van der Waals surface area contributed by atoms with E-state index in [1.165, 1.54) is 16.9 Å². The van der Waals surface area contributed by atoms with E-state index in [1.807, 2.05) is 12.1 Å². The Hall–Kier alpha value is -2.57. The number of likely N-dealkylation sites (N-methyl/N-ethyl adjacent to an activating group) is 1. The van der Waals surface area contributed by atoms with E-state index in [0.29, 0.717) is 12.6 Å². The van der Waals surface area contributed by atoms with E-state index < -0.39 is 0 Å². The third-order valence-electron chi connectivity index (χ3n) is 5.81. The van der Waals surface area contributed by atoms with E-state index in [1.54, 1.807) is 0 Å². The lowest BCUT2D eigenvalue weighted by Crippen LogP contribution is -2.42. The van der Waals surface area contributed by atoms with Crippen molar-refractivity contribution in [2.75, 3.05) is 61.6 Å². The lowest BCUT2D eigenvalue weighted by molar-refractivity contribution is -0.117. The lowest BCUT2D eigenvalue weighted by atomic mass is 10.1. The molecular weight excluding hydrogens is 364 g/mol. The van der Waals surface area contributed by atoms with Gasteiger partial charge in [-0.3, -0.25) is 9.69 Å². The van der Waals surface area contributed by atoms with Gasteiger partial charge in [0, 0.05) is 56.3 Å². The molecule has 2 aliphatic heterocycles. The summed E-state index contributed by atoms with van der Waals surface area (Å²) in [5.74, 6) is 0.0259. The molecule has 1 atom stereocenters. The molecule has 0 unspecified atom stereocenters. The van der Waals surface area contributed by atoms with Crippen LogP contribution in [0.15, 0.2) is 48.5 Å². The maximum atomic E-state index is 12.7. The Morgan fingerprint density at radius 3 is 2.59 bits per heavy atom. The Kier molecular flexibility index (Phi) is 6.02. The molecule has 2 heterocycles. The largest absolute Gasteiger partial charge is 0.378 e. The smallest absolute Gasteiger partial charge is 0.238 e. The van der Waals surface area contributed by atoms with Crippen LogP contribution >= 0.6 is 0 Å². The fourth-order valence-corrected chi connectivity index (χ4v) is 4.18. The summed E-state index contributed by atoms with van der Waals surface area (Å²) < 4.78 is 5.41. The minimum Gasteiger partial charge on any atom is -0.378 e. The fourth-order valence-electron chi connectivity index (χ4n) is 4.18. The zero-order valence-electron chi connectivity index (χ0n) is 17.3. The maximum absolute atomic E-state index is 12.7. The SMILES string of the molecule is C[C@@H]1CN(C)c2ccccc2CN1CC(=O)Nc1ccc(N2CCOCC2)cc1. The topological polar surface area (TPSA) is 48.0 Å². The van der Waals surface area contributed by atoms with Crippen LogP contribution in [0.4, 0.5) is 17.1 Å². The quantitative estimate of drug-likeness (QED) is 0.864. The van der Waals surface area contributed by atoms with Gasteiger partial charge in [0.05, 0.1) is 19.8 Å². The number of hydrogen-bond donors (Lipinski definition) is 1. The zero-order chi connectivity index (χ0) is 20.2. The number of morpholine rings is 1. The molecule has 1 N–H and O–H groups in total. The van der Waals surface area contributed by atoms with E-state index in [9.17, 15) is 4.79 Å². The van der Waals surface area contributed by atoms with Crippen molar-refractivity contribution in [3.8, 4) is 0 Å². The first-order valence-corrected chi connectivity index (χ1v) is 10.4. The van der Waals surface area contributed by atoms with E-state index in [4.69, 9.17) is 4.74 Å². The highest BCUT2D eigenvalue weighted by Gasteiger charge is 2.24. The van der Waals surface area contributed by atoms with E-state index in [0.717, 1.165) is 45.1 Å². The third kappa shape index (κ3) is 4.71. The molecule has 6 heteroatoms. The number of carbonyl (C=O) groups excluding carboxylic acids is 1. The number of nitrogens with zero attached hydrogens (tertiary/aromatic N) is 3. The highest BCUT2D eigenvalue weighted by atomic mass is 16.5. The van der Waals surface area contributed by atoms with Crippen molar-refractivity contribution in [3.05, 3.63) is 54.1 Å². The summed E-state index contributed by atoms with van der Waals surface area (Å²) >= 11 is 0. The molecule has 2 aromatic carbocycles. The molecule has 0 aliphatic carbocycles. The normalized spacial score (nSPS) is 20.1. The van der Waals surface area contributed by atoms with Gasteiger partial charge in [-0.15, -0.1) is 0 Å². The molecule has 0 bridgehead atoms. The molecule has 0 saturated carbocycles.